The molecule has 0 saturated heterocycles. The summed E-state index contributed by atoms with van der Waals surface area (Å²) in [5.74, 6) is -0.414. The lowest BCUT2D eigenvalue weighted by molar-refractivity contribution is -0.136. The summed E-state index contributed by atoms with van der Waals surface area (Å²) in [5, 5.41) is 5.06. The molecular formula is C10H9F3N2O. The number of carbonyl (C=O) groups excluding carboxylic acids is 1. The van der Waals surface area contributed by atoms with Crippen molar-refractivity contribution < 1.29 is 18.0 Å². The van der Waals surface area contributed by atoms with E-state index in [0.717, 1.165) is 6.07 Å². The monoisotopic (exact) mass is 230 g/mol. The van der Waals surface area contributed by atoms with E-state index < -0.39 is 17.6 Å². The van der Waals surface area contributed by atoms with E-state index in [-0.39, 0.29) is 12.1 Å². The molecule has 1 aromatic rings. The predicted octanol–water partition coefficient (Wildman–Crippen LogP) is 2.46. The fraction of sp³-hybridized carbons (Fsp3) is 0.300. The van der Waals surface area contributed by atoms with E-state index >= 15 is 0 Å². The van der Waals surface area contributed by atoms with E-state index in [9.17, 15) is 18.0 Å². The molecule has 1 heterocycles. The second kappa shape index (κ2) is 3.70. The van der Waals surface area contributed by atoms with E-state index in [1.165, 1.54) is 12.1 Å². The molecule has 2 N–H and O–H groups in total. The molecule has 1 aliphatic rings. The first-order valence-electron chi connectivity index (χ1n) is 4.72. The lowest BCUT2D eigenvalue weighted by atomic mass is 10.1. The molecule has 0 fully saturated rings. The lowest BCUT2D eigenvalue weighted by Crippen LogP contribution is -2.15. The van der Waals surface area contributed by atoms with Crippen LogP contribution in [0.2, 0.25) is 0 Å². The van der Waals surface area contributed by atoms with Crippen LogP contribution in [0, 0.1) is 0 Å². The van der Waals surface area contributed by atoms with Gasteiger partial charge >= 0.3 is 6.18 Å². The number of alkyl halides is 3. The number of anilines is 2. The van der Waals surface area contributed by atoms with Gasteiger partial charge in [-0.05, 0) is 12.1 Å². The van der Waals surface area contributed by atoms with Gasteiger partial charge in [0.15, 0.2) is 0 Å². The fourth-order valence-electron chi connectivity index (χ4n) is 1.58. The molecule has 2 rings (SSSR count). The third-order valence-electron chi connectivity index (χ3n) is 2.30. The molecule has 1 aromatic carbocycles. The first-order chi connectivity index (χ1) is 7.48. The van der Waals surface area contributed by atoms with Crippen molar-refractivity contribution in [3.63, 3.8) is 0 Å². The number of benzene rings is 1. The summed E-state index contributed by atoms with van der Waals surface area (Å²) in [6.07, 6.45) is -4.31. The average molecular weight is 230 g/mol. The van der Waals surface area contributed by atoms with Gasteiger partial charge in [-0.1, -0.05) is 6.07 Å². The Morgan fingerprint density at radius 1 is 1.25 bits per heavy atom. The Kier molecular flexibility index (Phi) is 2.49. The summed E-state index contributed by atoms with van der Waals surface area (Å²) in [6.45, 7) is 0.333. The van der Waals surface area contributed by atoms with Crippen molar-refractivity contribution in [2.75, 3.05) is 17.2 Å². The molecule has 0 aliphatic carbocycles. The van der Waals surface area contributed by atoms with Gasteiger partial charge in [-0.15, -0.1) is 0 Å². The van der Waals surface area contributed by atoms with Gasteiger partial charge < -0.3 is 10.6 Å². The van der Waals surface area contributed by atoms with Crippen LogP contribution in [0.15, 0.2) is 18.2 Å². The zero-order chi connectivity index (χ0) is 11.8. The van der Waals surface area contributed by atoms with Gasteiger partial charge in [0.05, 0.1) is 16.9 Å². The maximum Gasteiger partial charge on any atom is 0.418 e. The van der Waals surface area contributed by atoms with Gasteiger partial charge in [-0.2, -0.15) is 13.2 Å². The third kappa shape index (κ3) is 1.95. The molecule has 86 valence electrons. The SMILES string of the molecule is O=C1CCNc2cccc(C(F)(F)F)c2N1. The van der Waals surface area contributed by atoms with Crippen LogP contribution < -0.4 is 10.6 Å². The predicted molar refractivity (Wildman–Crippen MR) is 53.2 cm³/mol. The number of hydrogen-bond donors (Lipinski definition) is 2. The highest BCUT2D eigenvalue weighted by Gasteiger charge is 2.35. The summed E-state index contributed by atoms with van der Waals surface area (Å²) in [6, 6.07) is 3.77. The van der Waals surface area contributed by atoms with Crippen molar-refractivity contribution in [1.29, 1.82) is 0 Å². The van der Waals surface area contributed by atoms with Crippen LogP contribution in [0.1, 0.15) is 12.0 Å². The van der Waals surface area contributed by atoms with Crippen molar-refractivity contribution in [2.24, 2.45) is 0 Å². The van der Waals surface area contributed by atoms with Crippen molar-refractivity contribution in [2.45, 2.75) is 12.6 Å². The minimum atomic E-state index is -4.47. The van der Waals surface area contributed by atoms with E-state index in [1.807, 2.05) is 0 Å². The Bertz CT molecular complexity index is 429. The largest absolute Gasteiger partial charge is 0.418 e. The zero-order valence-electron chi connectivity index (χ0n) is 8.19. The van der Waals surface area contributed by atoms with Crippen LogP contribution in [-0.4, -0.2) is 12.5 Å². The van der Waals surface area contributed by atoms with Crippen LogP contribution in [-0.2, 0) is 11.0 Å². The molecule has 0 spiro atoms. The number of nitrogens with one attached hydrogen (secondary N) is 2. The van der Waals surface area contributed by atoms with Crippen LogP contribution >= 0.6 is 0 Å². The molecule has 0 radical (unpaired) electrons. The first-order valence-corrected chi connectivity index (χ1v) is 4.72. The van der Waals surface area contributed by atoms with Crippen molar-refractivity contribution >= 4 is 17.3 Å². The molecule has 16 heavy (non-hydrogen) atoms. The molecule has 0 atom stereocenters. The first kappa shape index (κ1) is 10.8. The molecule has 6 heteroatoms. The summed E-state index contributed by atoms with van der Waals surface area (Å²) in [5.41, 5.74) is -0.703. The van der Waals surface area contributed by atoms with E-state index in [0.29, 0.717) is 12.2 Å². The molecule has 0 bridgehead atoms. The number of amides is 1. The Balaban J connectivity index is 2.53. The minimum Gasteiger partial charge on any atom is -0.383 e. The Morgan fingerprint density at radius 2 is 2.00 bits per heavy atom. The van der Waals surface area contributed by atoms with Gasteiger partial charge in [0.25, 0.3) is 0 Å². The minimum absolute atomic E-state index is 0.159. The highest BCUT2D eigenvalue weighted by atomic mass is 19.4. The van der Waals surface area contributed by atoms with Gasteiger partial charge in [0.1, 0.15) is 0 Å². The number of halogens is 3. The molecule has 0 unspecified atom stereocenters. The highest BCUT2D eigenvalue weighted by molar-refractivity contribution is 5.97. The summed E-state index contributed by atoms with van der Waals surface area (Å²) < 4.78 is 38.0. The molecular weight excluding hydrogens is 221 g/mol. The maximum atomic E-state index is 12.7. The van der Waals surface area contributed by atoms with Crippen LogP contribution in [0.5, 0.6) is 0 Å². The zero-order valence-corrected chi connectivity index (χ0v) is 8.19. The summed E-state index contributed by atoms with van der Waals surface area (Å²) >= 11 is 0. The second-order valence-corrected chi connectivity index (χ2v) is 3.45. The molecule has 0 saturated carbocycles. The number of rotatable bonds is 0. The Morgan fingerprint density at radius 3 is 2.69 bits per heavy atom. The number of hydrogen-bond acceptors (Lipinski definition) is 2. The molecule has 1 aliphatic heterocycles. The van der Waals surface area contributed by atoms with Crippen LogP contribution in [0.4, 0.5) is 24.5 Å². The van der Waals surface area contributed by atoms with Crippen molar-refractivity contribution in [3.8, 4) is 0 Å². The van der Waals surface area contributed by atoms with Gasteiger partial charge in [-0.3, -0.25) is 4.79 Å². The van der Waals surface area contributed by atoms with Crippen LogP contribution in [0.3, 0.4) is 0 Å². The lowest BCUT2D eigenvalue weighted by Gasteiger charge is -2.15. The summed E-state index contributed by atoms with van der Waals surface area (Å²) in [7, 11) is 0. The Hall–Kier alpha value is -1.72. The number of carbonyl (C=O) groups is 1. The van der Waals surface area contributed by atoms with E-state index in [1.54, 1.807) is 0 Å². The topological polar surface area (TPSA) is 41.1 Å². The molecule has 0 aromatic heterocycles. The normalized spacial score (nSPS) is 15.8. The molecule has 3 nitrogen and oxygen atoms in total. The molecule has 1 amide bonds. The van der Waals surface area contributed by atoms with Gasteiger partial charge in [0.2, 0.25) is 5.91 Å². The maximum absolute atomic E-state index is 12.7. The third-order valence-corrected chi connectivity index (χ3v) is 2.30. The standard InChI is InChI=1S/C10H9F3N2O/c11-10(12,13)6-2-1-3-7-9(6)15-8(16)4-5-14-7/h1-3,14H,4-5H2,(H,15,16). The quantitative estimate of drug-likeness (QED) is 0.718. The summed E-state index contributed by atoms with van der Waals surface area (Å²) in [4.78, 5) is 11.2. The van der Waals surface area contributed by atoms with Gasteiger partial charge in [-0.25, -0.2) is 0 Å². The second-order valence-electron chi connectivity index (χ2n) is 3.45. The highest BCUT2D eigenvalue weighted by Crippen LogP contribution is 2.39. The fourth-order valence-corrected chi connectivity index (χ4v) is 1.58. The van der Waals surface area contributed by atoms with Gasteiger partial charge in [0, 0.05) is 13.0 Å². The average Bonchev–Trinajstić information content (AvgIpc) is 2.36. The van der Waals surface area contributed by atoms with Crippen molar-refractivity contribution in [3.05, 3.63) is 23.8 Å². The van der Waals surface area contributed by atoms with Crippen molar-refractivity contribution in [1.82, 2.24) is 0 Å². The van der Waals surface area contributed by atoms with E-state index in [2.05, 4.69) is 10.6 Å². The van der Waals surface area contributed by atoms with E-state index in [4.69, 9.17) is 0 Å². The van der Waals surface area contributed by atoms with Crippen LogP contribution in [0.25, 0.3) is 0 Å². The number of fused-ring (bicyclic) bond motifs is 1. The Labute approximate surface area is 89.6 Å². The number of para-hydroxylation sites is 1. The smallest absolute Gasteiger partial charge is 0.383 e.